The van der Waals surface area contributed by atoms with Crippen molar-refractivity contribution in [2.45, 2.75) is 6.04 Å². The third kappa shape index (κ3) is 3.31. The molecular formula is C23H21ClN2O4. The Morgan fingerprint density at radius 3 is 2.60 bits per heavy atom. The van der Waals surface area contributed by atoms with E-state index in [0.29, 0.717) is 47.9 Å². The maximum Gasteiger partial charge on any atom is 0.290 e. The van der Waals surface area contributed by atoms with E-state index in [0.717, 1.165) is 18.7 Å². The zero-order valence-corrected chi connectivity index (χ0v) is 17.1. The SMILES string of the molecule is O=C1c2oc3ccccc3c(=O)c2[C@H](c2cccc(Cl)c2)N1CCN1CCOCC1. The lowest BCUT2D eigenvalue weighted by molar-refractivity contribution is 0.0314. The molecule has 1 aromatic heterocycles. The van der Waals surface area contributed by atoms with Crippen LogP contribution in [0, 0.1) is 0 Å². The lowest BCUT2D eigenvalue weighted by Crippen LogP contribution is -2.42. The second-order valence-electron chi connectivity index (χ2n) is 7.58. The van der Waals surface area contributed by atoms with Gasteiger partial charge in [0.2, 0.25) is 5.76 Å². The first-order chi connectivity index (χ1) is 14.6. The first-order valence-corrected chi connectivity index (χ1v) is 10.4. The van der Waals surface area contributed by atoms with E-state index in [2.05, 4.69) is 4.90 Å². The zero-order chi connectivity index (χ0) is 20.7. The molecule has 0 spiro atoms. The number of carbonyl (C=O) groups excluding carboxylic acids is 1. The lowest BCUT2D eigenvalue weighted by atomic mass is 9.98. The van der Waals surface area contributed by atoms with E-state index in [4.69, 9.17) is 20.8 Å². The van der Waals surface area contributed by atoms with Gasteiger partial charge in [-0.1, -0.05) is 35.9 Å². The van der Waals surface area contributed by atoms with Gasteiger partial charge in [0.1, 0.15) is 5.58 Å². The molecule has 0 N–H and O–H groups in total. The monoisotopic (exact) mass is 424 g/mol. The Morgan fingerprint density at radius 2 is 1.80 bits per heavy atom. The van der Waals surface area contributed by atoms with Gasteiger partial charge < -0.3 is 14.1 Å². The number of rotatable bonds is 4. The molecule has 2 aliphatic rings. The first-order valence-electron chi connectivity index (χ1n) is 10.1. The summed E-state index contributed by atoms with van der Waals surface area (Å²) >= 11 is 6.24. The summed E-state index contributed by atoms with van der Waals surface area (Å²) in [5.41, 5.74) is 1.45. The van der Waals surface area contributed by atoms with Gasteiger partial charge >= 0.3 is 0 Å². The van der Waals surface area contributed by atoms with Crippen molar-refractivity contribution in [2.24, 2.45) is 0 Å². The van der Waals surface area contributed by atoms with Crippen molar-refractivity contribution in [3.8, 4) is 0 Å². The predicted molar refractivity (Wildman–Crippen MR) is 114 cm³/mol. The lowest BCUT2D eigenvalue weighted by Gasteiger charge is -2.31. The number of morpholine rings is 1. The van der Waals surface area contributed by atoms with Gasteiger partial charge in [0.25, 0.3) is 5.91 Å². The minimum Gasteiger partial charge on any atom is -0.450 e. The fraction of sp³-hybridized carbons (Fsp3) is 0.304. The molecule has 3 aromatic rings. The molecular weight excluding hydrogens is 404 g/mol. The molecule has 0 bridgehead atoms. The molecule has 6 nitrogen and oxygen atoms in total. The van der Waals surface area contributed by atoms with Crippen molar-refractivity contribution in [3.63, 3.8) is 0 Å². The third-order valence-electron chi connectivity index (χ3n) is 5.80. The average molecular weight is 425 g/mol. The van der Waals surface area contributed by atoms with Crippen LogP contribution in [0.5, 0.6) is 0 Å². The van der Waals surface area contributed by atoms with Gasteiger partial charge in [-0.25, -0.2) is 0 Å². The topological polar surface area (TPSA) is 63.0 Å². The van der Waals surface area contributed by atoms with Crippen LogP contribution >= 0.6 is 11.6 Å². The highest BCUT2D eigenvalue weighted by Crippen LogP contribution is 2.38. The summed E-state index contributed by atoms with van der Waals surface area (Å²) in [6.07, 6.45) is 0. The molecule has 2 aliphatic heterocycles. The second-order valence-corrected chi connectivity index (χ2v) is 8.02. The van der Waals surface area contributed by atoms with Crippen LogP contribution in [-0.2, 0) is 4.74 Å². The van der Waals surface area contributed by atoms with E-state index in [9.17, 15) is 9.59 Å². The van der Waals surface area contributed by atoms with E-state index in [1.165, 1.54) is 0 Å². The minimum atomic E-state index is -0.520. The molecule has 0 radical (unpaired) electrons. The number of fused-ring (bicyclic) bond motifs is 2. The van der Waals surface area contributed by atoms with Crippen LogP contribution in [0.1, 0.15) is 27.7 Å². The van der Waals surface area contributed by atoms with Gasteiger partial charge in [0.15, 0.2) is 5.43 Å². The Morgan fingerprint density at radius 1 is 1.00 bits per heavy atom. The second kappa shape index (κ2) is 7.87. The number of benzene rings is 2. The summed E-state index contributed by atoms with van der Waals surface area (Å²) < 4.78 is 11.4. The van der Waals surface area contributed by atoms with E-state index in [1.54, 1.807) is 35.2 Å². The highest BCUT2D eigenvalue weighted by atomic mass is 35.5. The zero-order valence-electron chi connectivity index (χ0n) is 16.3. The third-order valence-corrected chi connectivity index (χ3v) is 6.03. The highest BCUT2D eigenvalue weighted by molar-refractivity contribution is 6.30. The molecule has 1 saturated heterocycles. The largest absolute Gasteiger partial charge is 0.450 e. The molecule has 5 rings (SSSR count). The highest BCUT2D eigenvalue weighted by Gasteiger charge is 2.42. The van der Waals surface area contributed by atoms with E-state index < -0.39 is 6.04 Å². The molecule has 154 valence electrons. The van der Waals surface area contributed by atoms with Gasteiger partial charge in [-0.15, -0.1) is 0 Å². The smallest absolute Gasteiger partial charge is 0.290 e. The fourth-order valence-electron chi connectivity index (χ4n) is 4.29. The molecule has 2 aromatic carbocycles. The molecule has 1 atom stereocenters. The van der Waals surface area contributed by atoms with Crippen LogP contribution in [0.15, 0.2) is 57.7 Å². The Hall–Kier alpha value is -2.67. The minimum absolute atomic E-state index is 0.130. The van der Waals surface area contributed by atoms with E-state index >= 15 is 0 Å². The van der Waals surface area contributed by atoms with Crippen molar-refractivity contribution < 1.29 is 13.9 Å². The number of carbonyl (C=O) groups is 1. The molecule has 7 heteroatoms. The Balaban J connectivity index is 1.60. The number of hydrogen-bond donors (Lipinski definition) is 0. The Bertz CT molecular complexity index is 1170. The van der Waals surface area contributed by atoms with Crippen LogP contribution in [0.25, 0.3) is 11.0 Å². The number of hydrogen-bond acceptors (Lipinski definition) is 5. The predicted octanol–water partition coefficient (Wildman–Crippen LogP) is 3.32. The number of amides is 1. The van der Waals surface area contributed by atoms with Crippen molar-refractivity contribution >= 4 is 28.5 Å². The molecule has 1 fully saturated rings. The Kier molecular flexibility index (Phi) is 5.06. The summed E-state index contributed by atoms with van der Waals surface area (Å²) in [5, 5.41) is 1.04. The molecule has 0 unspecified atom stereocenters. The normalized spacial score (nSPS) is 19.4. The standard InChI is InChI=1S/C23H21ClN2O4/c24-16-5-3-4-15(14-16)20-19-21(27)17-6-1-2-7-18(17)30-22(19)23(28)26(20)9-8-25-10-12-29-13-11-25/h1-7,14,20H,8-13H2/t20-/m0/s1. The van der Waals surface area contributed by atoms with Crippen molar-refractivity contribution in [1.82, 2.24) is 9.80 Å². The van der Waals surface area contributed by atoms with Crippen LogP contribution in [0.4, 0.5) is 0 Å². The molecule has 1 amide bonds. The maximum absolute atomic E-state index is 13.4. The van der Waals surface area contributed by atoms with Gasteiger partial charge in [-0.2, -0.15) is 0 Å². The molecule has 0 aliphatic carbocycles. The first kappa shape index (κ1) is 19.3. The number of nitrogens with zero attached hydrogens (tertiary/aromatic N) is 2. The fourth-order valence-corrected chi connectivity index (χ4v) is 4.49. The van der Waals surface area contributed by atoms with Crippen LogP contribution in [-0.4, -0.2) is 55.1 Å². The van der Waals surface area contributed by atoms with Crippen LogP contribution < -0.4 is 5.43 Å². The number of halogens is 1. The van der Waals surface area contributed by atoms with Crippen molar-refractivity contribution in [3.05, 3.63) is 80.7 Å². The summed E-state index contributed by atoms with van der Waals surface area (Å²) in [4.78, 5) is 30.7. The van der Waals surface area contributed by atoms with Crippen LogP contribution in [0.2, 0.25) is 5.02 Å². The summed E-state index contributed by atoms with van der Waals surface area (Å²) in [7, 11) is 0. The summed E-state index contributed by atoms with van der Waals surface area (Å²) in [5.74, 6) is -0.128. The van der Waals surface area contributed by atoms with Gasteiger partial charge in [0.05, 0.1) is 30.2 Å². The Labute approximate surface area is 178 Å². The van der Waals surface area contributed by atoms with E-state index in [1.807, 2.05) is 18.2 Å². The molecule has 30 heavy (non-hydrogen) atoms. The van der Waals surface area contributed by atoms with Crippen molar-refractivity contribution in [1.29, 1.82) is 0 Å². The summed E-state index contributed by atoms with van der Waals surface area (Å²) in [6.45, 7) is 4.23. The van der Waals surface area contributed by atoms with Gasteiger partial charge in [-0.05, 0) is 29.8 Å². The van der Waals surface area contributed by atoms with Gasteiger partial charge in [0, 0.05) is 31.2 Å². The molecule has 0 saturated carbocycles. The average Bonchev–Trinajstić information content (AvgIpc) is 3.05. The van der Waals surface area contributed by atoms with Gasteiger partial charge in [-0.3, -0.25) is 14.5 Å². The number of para-hydroxylation sites is 1. The maximum atomic E-state index is 13.4. The van der Waals surface area contributed by atoms with Crippen molar-refractivity contribution in [2.75, 3.05) is 39.4 Å². The summed E-state index contributed by atoms with van der Waals surface area (Å²) in [6, 6.07) is 13.8. The molecule has 3 heterocycles. The van der Waals surface area contributed by atoms with Crippen LogP contribution in [0.3, 0.4) is 0 Å². The number of ether oxygens (including phenoxy) is 1. The van der Waals surface area contributed by atoms with E-state index in [-0.39, 0.29) is 17.1 Å². The quantitative estimate of drug-likeness (QED) is 0.643.